The largest absolute Gasteiger partial charge is 0.463 e. The molecule has 2 aliphatic rings. The Kier molecular flexibility index (Phi) is 9.64. The highest BCUT2D eigenvalue weighted by atomic mass is 16.5. The van der Waals surface area contributed by atoms with E-state index in [1.807, 2.05) is 26.0 Å². The normalized spacial score (nSPS) is 27.4. The third-order valence-corrected chi connectivity index (χ3v) is 5.85. The van der Waals surface area contributed by atoms with Crippen LogP contribution in [-0.4, -0.2) is 59.6 Å². The van der Waals surface area contributed by atoms with Crippen molar-refractivity contribution in [3.8, 4) is 0 Å². The molecule has 0 aliphatic carbocycles. The molecule has 0 aromatic heterocycles. The van der Waals surface area contributed by atoms with Crippen LogP contribution in [-0.2, 0) is 19.1 Å². The average molecular weight is 409 g/mol. The lowest BCUT2D eigenvalue weighted by Gasteiger charge is -2.27. The van der Waals surface area contributed by atoms with E-state index in [2.05, 4.69) is 5.32 Å². The third-order valence-electron chi connectivity index (χ3n) is 5.85. The van der Waals surface area contributed by atoms with E-state index in [0.29, 0.717) is 19.4 Å². The second-order valence-electron chi connectivity index (χ2n) is 8.46. The molecule has 29 heavy (non-hydrogen) atoms. The molecule has 1 saturated heterocycles. The highest BCUT2D eigenvalue weighted by molar-refractivity contribution is 5.86. The summed E-state index contributed by atoms with van der Waals surface area (Å²) in [5, 5.41) is 12.5. The summed E-state index contributed by atoms with van der Waals surface area (Å²) in [6.45, 7) is 4.69. The number of aliphatic hydroxyl groups excluding tert-OH is 1. The summed E-state index contributed by atoms with van der Waals surface area (Å²) in [6.07, 6.45) is 9.20. The number of allylic oxidation sites excluding steroid dienone is 2. The zero-order valence-corrected chi connectivity index (χ0v) is 17.8. The van der Waals surface area contributed by atoms with Gasteiger partial charge in [-0.15, -0.1) is 0 Å². The molecule has 7 nitrogen and oxygen atoms in total. The number of aliphatic hydroxyl groups is 1. The maximum absolute atomic E-state index is 13.0. The van der Waals surface area contributed by atoms with E-state index >= 15 is 0 Å². The number of ether oxygens (including phenoxy) is 1. The van der Waals surface area contributed by atoms with Crippen LogP contribution in [0.1, 0.15) is 65.2 Å². The first kappa shape index (κ1) is 23.4. The van der Waals surface area contributed by atoms with Crippen LogP contribution in [0.2, 0.25) is 0 Å². The number of nitrogens with one attached hydrogen (secondary N) is 1. The smallest absolute Gasteiger partial charge is 0.305 e. The zero-order chi connectivity index (χ0) is 21.2. The maximum Gasteiger partial charge on any atom is 0.305 e. The summed E-state index contributed by atoms with van der Waals surface area (Å²) in [5.41, 5.74) is 0. The molecule has 3 atom stereocenters. The molecule has 164 valence electrons. The van der Waals surface area contributed by atoms with E-state index in [9.17, 15) is 19.5 Å². The molecule has 2 amide bonds. The van der Waals surface area contributed by atoms with E-state index in [1.54, 1.807) is 4.90 Å². The number of carbonyl (C=O) groups excluding carboxylic acids is 3. The summed E-state index contributed by atoms with van der Waals surface area (Å²) in [6, 6.07) is -0.421. The van der Waals surface area contributed by atoms with Crippen molar-refractivity contribution >= 4 is 17.8 Å². The molecule has 2 N–H and O–H groups in total. The van der Waals surface area contributed by atoms with Crippen molar-refractivity contribution in [3.05, 3.63) is 12.2 Å². The van der Waals surface area contributed by atoms with Gasteiger partial charge in [-0.25, -0.2) is 0 Å². The Morgan fingerprint density at radius 1 is 1.28 bits per heavy atom. The first-order valence-corrected chi connectivity index (χ1v) is 10.9. The lowest BCUT2D eigenvalue weighted by molar-refractivity contribution is -0.145. The third kappa shape index (κ3) is 7.46. The van der Waals surface area contributed by atoms with Crippen molar-refractivity contribution < 1.29 is 24.2 Å². The number of cyclic esters (lactones) is 1. The summed E-state index contributed by atoms with van der Waals surface area (Å²) < 4.78 is 5.36. The predicted octanol–water partition coefficient (Wildman–Crippen LogP) is 2.18. The maximum atomic E-state index is 13.0. The number of hydrogen-bond donors (Lipinski definition) is 2. The van der Waals surface area contributed by atoms with Gasteiger partial charge in [0.05, 0.1) is 24.6 Å². The van der Waals surface area contributed by atoms with Gasteiger partial charge in [0.1, 0.15) is 6.61 Å². The highest BCUT2D eigenvalue weighted by Gasteiger charge is 2.32. The Labute approximate surface area is 173 Å². The van der Waals surface area contributed by atoms with Crippen molar-refractivity contribution in [1.82, 2.24) is 10.2 Å². The van der Waals surface area contributed by atoms with Gasteiger partial charge in [0.2, 0.25) is 11.8 Å². The summed E-state index contributed by atoms with van der Waals surface area (Å²) in [4.78, 5) is 39.4. The quantitative estimate of drug-likeness (QED) is 0.549. The van der Waals surface area contributed by atoms with Crippen molar-refractivity contribution in [2.75, 3.05) is 19.8 Å². The van der Waals surface area contributed by atoms with Gasteiger partial charge in [0, 0.05) is 19.4 Å². The molecule has 0 saturated carbocycles. The Morgan fingerprint density at radius 2 is 2.07 bits per heavy atom. The van der Waals surface area contributed by atoms with Gasteiger partial charge < -0.3 is 20.1 Å². The Bertz CT molecular complexity index is 590. The fourth-order valence-electron chi connectivity index (χ4n) is 3.83. The van der Waals surface area contributed by atoms with Crippen LogP contribution < -0.4 is 5.32 Å². The van der Waals surface area contributed by atoms with Gasteiger partial charge in [-0.1, -0.05) is 26.0 Å². The Morgan fingerprint density at radius 3 is 2.79 bits per heavy atom. The van der Waals surface area contributed by atoms with Crippen molar-refractivity contribution in [2.45, 2.75) is 77.3 Å². The number of esters is 1. The van der Waals surface area contributed by atoms with E-state index in [1.165, 1.54) is 0 Å². The predicted molar refractivity (Wildman–Crippen MR) is 110 cm³/mol. The number of likely N-dealkylation sites (tertiary alicyclic amines) is 1. The van der Waals surface area contributed by atoms with Gasteiger partial charge in [-0.2, -0.15) is 0 Å². The minimum atomic E-state index is -0.474. The van der Waals surface area contributed by atoms with Gasteiger partial charge in [-0.3, -0.25) is 14.4 Å². The molecule has 1 fully saturated rings. The number of amides is 2. The molecule has 0 bridgehead atoms. The second kappa shape index (κ2) is 12.0. The SMILES string of the molecule is CC(C)C1COC(=O)CCCCC=CCC(CC(=O)N2CCCC2CO)C(=O)N1. The molecular formula is C22H36N2O5. The van der Waals surface area contributed by atoms with Crippen molar-refractivity contribution in [1.29, 1.82) is 0 Å². The van der Waals surface area contributed by atoms with E-state index < -0.39 is 5.92 Å². The molecule has 0 aromatic rings. The van der Waals surface area contributed by atoms with E-state index in [4.69, 9.17) is 4.74 Å². The lowest BCUT2D eigenvalue weighted by atomic mass is 9.96. The topological polar surface area (TPSA) is 95.9 Å². The summed E-state index contributed by atoms with van der Waals surface area (Å²) >= 11 is 0. The van der Waals surface area contributed by atoms with Crippen LogP contribution in [0.15, 0.2) is 12.2 Å². The molecule has 7 heteroatoms. The monoisotopic (exact) mass is 408 g/mol. The molecule has 2 heterocycles. The van der Waals surface area contributed by atoms with Crippen LogP contribution >= 0.6 is 0 Å². The van der Waals surface area contributed by atoms with Crippen LogP contribution in [0.4, 0.5) is 0 Å². The van der Waals surface area contributed by atoms with Gasteiger partial charge in [-0.05, 0) is 44.4 Å². The Balaban J connectivity index is 2.09. The van der Waals surface area contributed by atoms with Crippen LogP contribution in [0.3, 0.4) is 0 Å². The zero-order valence-electron chi connectivity index (χ0n) is 17.8. The van der Waals surface area contributed by atoms with Gasteiger partial charge in [0.25, 0.3) is 0 Å². The number of nitrogens with zero attached hydrogens (tertiary/aromatic N) is 1. The fourth-order valence-corrected chi connectivity index (χ4v) is 3.83. The molecule has 2 rings (SSSR count). The number of carbonyl (C=O) groups is 3. The molecule has 0 spiro atoms. The molecular weight excluding hydrogens is 372 g/mol. The molecule has 0 aromatic carbocycles. The van der Waals surface area contributed by atoms with Crippen LogP contribution in [0.25, 0.3) is 0 Å². The van der Waals surface area contributed by atoms with Gasteiger partial charge >= 0.3 is 5.97 Å². The number of rotatable bonds is 4. The van der Waals surface area contributed by atoms with E-state index in [0.717, 1.165) is 32.1 Å². The summed E-state index contributed by atoms with van der Waals surface area (Å²) in [7, 11) is 0. The van der Waals surface area contributed by atoms with Gasteiger partial charge in [0.15, 0.2) is 0 Å². The Hall–Kier alpha value is -1.89. The van der Waals surface area contributed by atoms with E-state index in [-0.39, 0.29) is 55.4 Å². The number of hydrogen-bond acceptors (Lipinski definition) is 5. The minimum absolute atomic E-state index is 0.0384. The second-order valence-corrected chi connectivity index (χ2v) is 8.46. The lowest BCUT2D eigenvalue weighted by Crippen LogP contribution is -2.46. The highest BCUT2D eigenvalue weighted by Crippen LogP contribution is 2.21. The first-order chi connectivity index (χ1) is 13.9. The minimum Gasteiger partial charge on any atom is -0.463 e. The van der Waals surface area contributed by atoms with Crippen LogP contribution in [0, 0.1) is 11.8 Å². The standard InChI is InChI=1S/C22H36N2O5/c1-16(2)19-15-29-21(27)11-7-5-3-4-6-9-17(22(28)23-19)13-20(26)24-12-8-10-18(24)14-25/h4,6,16-19,25H,3,5,7-15H2,1-2H3,(H,23,28). The van der Waals surface area contributed by atoms with Crippen molar-refractivity contribution in [3.63, 3.8) is 0 Å². The summed E-state index contributed by atoms with van der Waals surface area (Å²) in [5.74, 6) is -0.873. The van der Waals surface area contributed by atoms with Crippen molar-refractivity contribution in [2.24, 2.45) is 11.8 Å². The fraction of sp³-hybridized carbons (Fsp3) is 0.773. The molecule has 3 unspecified atom stereocenters. The molecule has 0 radical (unpaired) electrons. The first-order valence-electron chi connectivity index (χ1n) is 10.9. The average Bonchev–Trinajstić information content (AvgIpc) is 3.17. The van der Waals surface area contributed by atoms with Crippen LogP contribution in [0.5, 0.6) is 0 Å². The molecule has 2 aliphatic heterocycles.